The van der Waals surface area contributed by atoms with Crippen LogP contribution in [0.15, 0.2) is 6.20 Å². The molecule has 0 atom stereocenters. The van der Waals surface area contributed by atoms with Crippen molar-refractivity contribution in [3.05, 3.63) is 17.7 Å². The zero-order valence-corrected chi connectivity index (χ0v) is 10.8. The molecule has 0 unspecified atom stereocenters. The normalized spacial score (nSPS) is 21.2. The van der Waals surface area contributed by atoms with E-state index >= 15 is 0 Å². The molecule has 0 radical (unpaired) electrons. The van der Waals surface area contributed by atoms with Gasteiger partial charge in [0.05, 0.1) is 5.69 Å². The Balaban J connectivity index is 1.64. The Kier molecular flexibility index (Phi) is 3.19. The topological polar surface area (TPSA) is 29.9 Å². The van der Waals surface area contributed by atoms with Crippen molar-refractivity contribution in [1.29, 1.82) is 0 Å². The van der Waals surface area contributed by atoms with E-state index < -0.39 is 0 Å². The third kappa shape index (κ3) is 2.71. The smallest absolute Gasteiger partial charge is 0.105 e. The summed E-state index contributed by atoms with van der Waals surface area (Å²) in [4.78, 5) is 4.48. The number of imidazole rings is 1. The molecule has 3 nitrogen and oxygen atoms in total. The van der Waals surface area contributed by atoms with E-state index in [0.717, 1.165) is 18.5 Å². The molecule has 0 spiro atoms. The minimum absolute atomic E-state index is 0.783. The van der Waals surface area contributed by atoms with Crippen LogP contribution in [-0.4, -0.2) is 15.6 Å². The van der Waals surface area contributed by atoms with Crippen molar-refractivity contribution >= 4 is 0 Å². The maximum Gasteiger partial charge on any atom is 0.105 e. The molecule has 2 saturated carbocycles. The number of nitrogens with zero attached hydrogens (tertiary/aromatic N) is 2. The van der Waals surface area contributed by atoms with E-state index in [2.05, 4.69) is 28.0 Å². The van der Waals surface area contributed by atoms with Gasteiger partial charge in [-0.3, -0.25) is 0 Å². The molecule has 0 aromatic carbocycles. The van der Waals surface area contributed by atoms with Crippen LogP contribution in [-0.2, 0) is 13.1 Å². The molecule has 17 heavy (non-hydrogen) atoms. The number of rotatable bonds is 5. The van der Waals surface area contributed by atoms with E-state index in [-0.39, 0.29) is 0 Å². The maximum absolute atomic E-state index is 4.48. The van der Waals surface area contributed by atoms with Gasteiger partial charge in [0.2, 0.25) is 0 Å². The highest BCUT2D eigenvalue weighted by Gasteiger charge is 2.22. The van der Waals surface area contributed by atoms with E-state index in [4.69, 9.17) is 0 Å². The van der Waals surface area contributed by atoms with Crippen LogP contribution in [0.2, 0.25) is 0 Å². The van der Waals surface area contributed by atoms with Gasteiger partial charge in [-0.15, -0.1) is 0 Å². The van der Waals surface area contributed by atoms with Crippen molar-refractivity contribution in [2.75, 3.05) is 0 Å². The average molecular weight is 233 g/mol. The number of aryl methyl sites for hydroxylation is 1. The minimum atomic E-state index is 0.783. The second-order valence-electron chi connectivity index (χ2n) is 5.71. The zero-order chi connectivity index (χ0) is 11.7. The third-order valence-corrected chi connectivity index (χ3v) is 4.20. The van der Waals surface area contributed by atoms with E-state index in [0.29, 0.717) is 0 Å². The van der Waals surface area contributed by atoms with Crippen molar-refractivity contribution in [2.45, 2.75) is 64.6 Å². The first-order valence-corrected chi connectivity index (χ1v) is 7.07. The molecule has 2 aliphatic rings. The SMILES string of the molecule is Cc1ncc(CNC2CC2)n1CC1CCCC1. The standard InChI is InChI=1S/C14H23N3/c1-11-15-8-14(9-16-13-6-7-13)17(11)10-12-4-2-3-5-12/h8,12-13,16H,2-7,9-10H2,1H3. The number of nitrogens with one attached hydrogen (secondary N) is 1. The van der Waals surface area contributed by atoms with E-state index in [1.54, 1.807) is 0 Å². The predicted octanol–water partition coefficient (Wildman–Crippen LogP) is 2.63. The summed E-state index contributed by atoms with van der Waals surface area (Å²) in [6, 6.07) is 0.783. The molecule has 1 aromatic rings. The lowest BCUT2D eigenvalue weighted by Gasteiger charge is -2.15. The number of hydrogen-bond donors (Lipinski definition) is 1. The van der Waals surface area contributed by atoms with Crippen molar-refractivity contribution in [3.8, 4) is 0 Å². The van der Waals surface area contributed by atoms with Gasteiger partial charge in [0.1, 0.15) is 5.82 Å². The van der Waals surface area contributed by atoms with E-state index in [1.165, 1.54) is 56.6 Å². The van der Waals surface area contributed by atoms with Gasteiger partial charge in [0.25, 0.3) is 0 Å². The van der Waals surface area contributed by atoms with Crippen LogP contribution in [0.4, 0.5) is 0 Å². The zero-order valence-electron chi connectivity index (χ0n) is 10.8. The van der Waals surface area contributed by atoms with Crippen molar-refractivity contribution in [3.63, 3.8) is 0 Å². The Bertz CT molecular complexity index is 373. The lowest BCUT2D eigenvalue weighted by molar-refractivity contribution is 0.438. The van der Waals surface area contributed by atoms with Crippen molar-refractivity contribution < 1.29 is 0 Å². The molecule has 2 fully saturated rings. The Labute approximate surface area is 104 Å². The summed E-state index contributed by atoms with van der Waals surface area (Å²) in [5.74, 6) is 2.08. The van der Waals surface area contributed by atoms with Gasteiger partial charge in [-0.2, -0.15) is 0 Å². The Morgan fingerprint density at radius 3 is 2.76 bits per heavy atom. The molecule has 3 rings (SSSR count). The molecule has 3 heteroatoms. The van der Waals surface area contributed by atoms with Crippen LogP contribution in [0.3, 0.4) is 0 Å². The maximum atomic E-state index is 4.48. The van der Waals surface area contributed by atoms with Gasteiger partial charge in [-0.1, -0.05) is 12.8 Å². The minimum Gasteiger partial charge on any atom is -0.331 e. The second kappa shape index (κ2) is 4.81. The molecule has 0 saturated heterocycles. The molecule has 0 aliphatic heterocycles. The first-order chi connectivity index (χ1) is 8.33. The molecular formula is C14H23N3. The van der Waals surface area contributed by atoms with Crippen molar-refractivity contribution in [2.24, 2.45) is 5.92 Å². The molecule has 0 amide bonds. The molecule has 1 N–H and O–H groups in total. The van der Waals surface area contributed by atoms with Crippen molar-refractivity contribution in [1.82, 2.24) is 14.9 Å². The van der Waals surface area contributed by atoms with Gasteiger partial charge >= 0.3 is 0 Å². The van der Waals surface area contributed by atoms with E-state index in [1.807, 2.05) is 0 Å². The highest BCUT2D eigenvalue weighted by atomic mass is 15.1. The lowest BCUT2D eigenvalue weighted by atomic mass is 10.1. The fourth-order valence-corrected chi connectivity index (χ4v) is 2.89. The quantitative estimate of drug-likeness (QED) is 0.847. The summed E-state index contributed by atoms with van der Waals surface area (Å²) in [6.07, 6.45) is 10.4. The Morgan fingerprint density at radius 2 is 2.06 bits per heavy atom. The first kappa shape index (κ1) is 11.3. The third-order valence-electron chi connectivity index (χ3n) is 4.20. The number of hydrogen-bond acceptors (Lipinski definition) is 2. The fourth-order valence-electron chi connectivity index (χ4n) is 2.89. The van der Waals surface area contributed by atoms with E-state index in [9.17, 15) is 0 Å². The summed E-state index contributed by atoms with van der Waals surface area (Å²) < 4.78 is 2.44. The highest BCUT2D eigenvalue weighted by molar-refractivity contribution is 5.05. The van der Waals surface area contributed by atoms with Crippen LogP contribution in [0.1, 0.15) is 50.0 Å². The average Bonchev–Trinajstić information content (AvgIpc) is 2.90. The largest absolute Gasteiger partial charge is 0.331 e. The molecule has 0 bridgehead atoms. The summed E-state index contributed by atoms with van der Waals surface area (Å²) in [5, 5.41) is 3.59. The van der Waals surface area contributed by atoms with Crippen LogP contribution in [0.25, 0.3) is 0 Å². The first-order valence-electron chi connectivity index (χ1n) is 7.07. The van der Waals surface area contributed by atoms with Crippen LogP contribution >= 0.6 is 0 Å². The monoisotopic (exact) mass is 233 g/mol. The van der Waals surface area contributed by atoms with Crippen LogP contribution in [0.5, 0.6) is 0 Å². The van der Waals surface area contributed by atoms with Gasteiger partial charge < -0.3 is 9.88 Å². The summed E-state index contributed by atoms with van der Waals surface area (Å²) in [6.45, 7) is 4.32. The van der Waals surface area contributed by atoms with Gasteiger partial charge in [0, 0.05) is 25.3 Å². The Hall–Kier alpha value is -0.830. The molecule has 1 heterocycles. The summed E-state index contributed by atoms with van der Waals surface area (Å²) >= 11 is 0. The second-order valence-corrected chi connectivity index (χ2v) is 5.71. The summed E-state index contributed by atoms with van der Waals surface area (Å²) in [5.41, 5.74) is 1.38. The summed E-state index contributed by atoms with van der Waals surface area (Å²) in [7, 11) is 0. The molecule has 2 aliphatic carbocycles. The molecule has 94 valence electrons. The fraction of sp³-hybridized carbons (Fsp3) is 0.786. The van der Waals surface area contributed by atoms with Gasteiger partial charge in [-0.25, -0.2) is 4.98 Å². The Morgan fingerprint density at radius 1 is 1.29 bits per heavy atom. The molecular weight excluding hydrogens is 210 g/mol. The van der Waals surface area contributed by atoms with Gasteiger partial charge in [-0.05, 0) is 38.5 Å². The lowest BCUT2D eigenvalue weighted by Crippen LogP contribution is -2.20. The predicted molar refractivity (Wildman–Crippen MR) is 68.8 cm³/mol. The molecule has 1 aromatic heterocycles. The van der Waals surface area contributed by atoms with Gasteiger partial charge in [0.15, 0.2) is 0 Å². The van der Waals surface area contributed by atoms with Crippen LogP contribution < -0.4 is 5.32 Å². The number of aromatic nitrogens is 2. The highest BCUT2D eigenvalue weighted by Crippen LogP contribution is 2.27. The van der Waals surface area contributed by atoms with Crippen LogP contribution in [0, 0.1) is 12.8 Å².